The van der Waals surface area contributed by atoms with E-state index < -0.39 is 4.92 Å². The molecule has 0 spiro atoms. The fraction of sp³-hybridized carbons (Fsp3) is 0.150. The quantitative estimate of drug-likeness (QED) is 0.465. The van der Waals surface area contributed by atoms with Crippen LogP contribution in [0.2, 0.25) is 0 Å². The molecule has 0 aliphatic rings. The first-order valence-electron chi connectivity index (χ1n) is 8.26. The predicted molar refractivity (Wildman–Crippen MR) is 98.4 cm³/mol. The predicted octanol–water partition coefficient (Wildman–Crippen LogP) is 4.04. The lowest BCUT2D eigenvalue weighted by Crippen LogP contribution is -2.30. The Morgan fingerprint density at radius 2 is 1.89 bits per heavy atom. The van der Waals surface area contributed by atoms with Crippen LogP contribution in [0, 0.1) is 10.1 Å². The molecule has 7 nitrogen and oxygen atoms in total. The number of benzene rings is 2. The number of hydrogen-bond donors (Lipinski definition) is 0. The number of carbonyl (C=O) groups excluding carboxylic acids is 1. The Kier molecular flexibility index (Phi) is 5.51. The van der Waals surface area contributed by atoms with E-state index in [9.17, 15) is 14.9 Å². The standard InChI is InChI=1S/C20H18N2O5/c1-26-19-10-9-16(12-18(19)22(24)25)20(23)21(14-17-8-5-11-27-17)13-15-6-3-2-4-7-15/h2-12H,13-14H2,1H3. The van der Waals surface area contributed by atoms with Crippen LogP contribution < -0.4 is 4.74 Å². The lowest BCUT2D eigenvalue weighted by molar-refractivity contribution is -0.385. The maximum Gasteiger partial charge on any atom is 0.311 e. The Hall–Kier alpha value is -3.61. The van der Waals surface area contributed by atoms with Crippen molar-refractivity contribution in [2.45, 2.75) is 13.1 Å². The molecule has 1 amide bonds. The van der Waals surface area contributed by atoms with Gasteiger partial charge in [0.15, 0.2) is 5.75 Å². The zero-order chi connectivity index (χ0) is 19.2. The van der Waals surface area contributed by atoms with Crippen LogP contribution in [-0.2, 0) is 13.1 Å². The van der Waals surface area contributed by atoms with Gasteiger partial charge in [-0.2, -0.15) is 0 Å². The molecule has 0 fully saturated rings. The third-order valence-electron chi connectivity index (χ3n) is 4.05. The number of hydrogen-bond acceptors (Lipinski definition) is 5. The number of nitro groups is 1. The average molecular weight is 366 g/mol. The van der Waals surface area contributed by atoms with Gasteiger partial charge in [-0.15, -0.1) is 0 Å². The van der Waals surface area contributed by atoms with E-state index in [1.807, 2.05) is 30.3 Å². The zero-order valence-electron chi connectivity index (χ0n) is 14.7. The first-order chi connectivity index (χ1) is 13.1. The van der Waals surface area contributed by atoms with Gasteiger partial charge < -0.3 is 14.1 Å². The Bertz CT molecular complexity index is 923. The number of methoxy groups -OCH3 is 1. The minimum atomic E-state index is -0.566. The molecular formula is C20H18N2O5. The second kappa shape index (κ2) is 8.18. The number of amides is 1. The van der Waals surface area contributed by atoms with E-state index in [2.05, 4.69) is 0 Å². The molecule has 0 N–H and O–H groups in total. The van der Waals surface area contributed by atoms with Gasteiger partial charge in [0.25, 0.3) is 5.91 Å². The third-order valence-corrected chi connectivity index (χ3v) is 4.05. The lowest BCUT2D eigenvalue weighted by Gasteiger charge is -2.22. The molecule has 7 heteroatoms. The largest absolute Gasteiger partial charge is 0.490 e. The molecule has 0 radical (unpaired) electrons. The van der Waals surface area contributed by atoms with Gasteiger partial charge in [0.05, 0.1) is 24.8 Å². The monoisotopic (exact) mass is 366 g/mol. The van der Waals surface area contributed by atoms with Gasteiger partial charge in [0.2, 0.25) is 0 Å². The first-order valence-corrected chi connectivity index (χ1v) is 8.26. The second-order valence-electron chi connectivity index (χ2n) is 5.87. The molecule has 3 rings (SSSR count). The van der Waals surface area contributed by atoms with Crippen molar-refractivity contribution in [2.24, 2.45) is 0 Å². The van der Waals surface area contributed by atoms with Gasteiger partial charge in [0.1, 0.15) is 5.76 Å². The molecule has 0 unspecified atom stereocenters. The smallest absolute Gasteiger partial charge is 0.311 e. The summed E-state index contributed by atoms with van der Waals surface area (Å²) in [7, 11) is 1.35. The highest BCUT2D eigenvalue weighted by Gasteiger charge is 2.22. The topological polar surface area (TPSA) is 85.8 Å². The van der Waals surface area contributed by atoms with Gasteiger partial charge in [-0.1, -0.05) is 30.3 Å². The van der Waals surface area contributed by atoms with E-state index in [-0.39, 0.29) is 29.5 Å². The highest BCUT2D eigenvalue weighted by Crippen LogP contribution is 2.28. The lowest BCUT2D eigenvalue weighted by atomic mass is 10.1. The number of ether oxygens (including phenoxy) is 1. The summed E-state index contributed by atoms with van der Waals surface area (Å²) in [4.78, 5) is 25.3. The van der Waals surface area contributed by atoms with Crippen LogP contribution >= 0.6 is 0 Å². The van der Waals surface area contributed by atoms with Crippen LogP contribution in [0.15, 0.2) is 71.3 Å². The summed E-state index contributed by atoms with van der Waals surface area (Å²) in [6, 6.07) is 17.2. The Morgan fingerprint density at radius 1 is 1.11 bits per heavy atom. The molecule has 27 heavy (non-hydrogen) atoms. The van der Waals surface area contributed by atoms with Crippen molar-refractivity contribution >= 4 is 11.6 Å². The summed E-state index contributed by atoms with van der Waals surface area (Å²) < 4.78 is 10.4. The average Bonchev–Trinajstić information content (AvgIpc) is 3.20. The van der Waals surface area contributed by atoms with Crippen LogP contribution in [0.5, 0.6) is 5.75 Å². The molecule has 0 saturated carbocycles. The van der Waals surface area contributed by atoms with Gasteiger partial charge in [-0.3, -0.25) is 14.9 Å². The summed E-state index contributed by atoms with van der Waals surface area (Å²) in [5, 5.41) is 11.3. The molecule has 0 saturated heterocycles. The Balaban J connectivity index is 1.92. The summed E-state index contributed by atoms with van der Waals surface area (Å²) in [5.74, 6) is 0.403. The van der Waals surface area contributed by atoms with E-state index in [4.69, 9.17) is 9.15 Å². The summed E-state index contributed by atoms with van der Waals surface area (Å²) in [6.45, 7) is 0.598. The molecule has 1 aromatic heterocycles. The SMILES string of the molecule is COc1ccc(C(=O)N(Cc2ccccc2)Cc2ccco2)cc1[N+](=O)[O-]. The van der Waals surface area contributed by atoms with Gasteiger partial charge in [0, 0.05) is 18.2 Å². The van der Waals surface area contributed by atoms with E-state index in [0.717, 1.165) is 5.56 Å². The molecule has 0 atom stereocenters. The minimum absolute atomic E-state index is 0.109. The van der Waals surface area contributed by atoms with Crippen molar-refractivity contribution in [1.29, 1.82) is 0 Å². The van der Waals surface area contributed by atoms with Gasteiger partial charge >= 0.3 is 5.69 Å². The summed E-state index contributed by atoms with van der Waals surface area (Å²) in [6.07, 6.45) is 1.54. The van der Waals surface area contributed by atoms with Crippen LogP contribution in [0.25, 0.3) is 0 Å². The number of nitro benzene ring substituents is 1. The van der Waals surface area contributed by atoms with E-state index >= 15 is 0 Å². The zero-order valence-corrected chi connectivity index (χ0v) is 14.7. The third kappa shape index (κ3) is 4.33. The number of furan rings is 1. The highest BCUT2D eigenvalue weighted by molar-refractivity contribution is 5.95. The van der Waals surface area contributed by atoms with Crippen LogP contribution in [0.1, 0.15) is 21.7 Å². The van der Waals surface area contributed by atoms with E-state index in [1.165, 1.54) is 25.3 Å². The fourth-order valence-electron chi connectivity index (χ4n) is 2.74. The second-order valence-corrected chi connectivity index (χ2v) is 5.87. The number of nitrogens with zero attached hydrogens (tertiary/aromatic N) is 2. The molecule has 3 aromatic rings. The van der Waals surface area contributed by atoms with Crippen molar-refractivity contribution in [3.63, 3.8) is 0 Å². The Morgan fingerprint density at radius 3 is 2.52 bits per heavy atom. The van der Waals surface area contributed by atoms with Crippen molar-refractivity contribution in [3.05, 3.63) is 93.9 Å². The minimum Gasteiger partial charge on any atom is -0.490 e. The molecule has 0 bridgehead atoms. The summed E-state index contributed by atoms with van der Waals surface area (Å²) in [5.41, 5.74) is 0.909. The Labute approximate surface area is 155 Å². The normalized spacial score (nSPS) is 10.4. The van der Waals surface area contributed by atoms with Crippen LogP contribution in [0.3, 0.4) is 0 Å². The molecule has 138 valence electrons. The molecule has 2 aromatic carbocycles. The number of carbonyl (C=O) groups is 1. The molecular weight excluding hydrogens is 348 g/mol. The maximum atomic E-state index is 13.1. The van der Waals surface area contributed by atoms with Crippen LogP contribution in [0.4, 0.5) is 5.69 Å². The number of rotatable bonds is 7. The van der Waals surface area contributed by atoms with Crippen molar-refractivity contribution in [2.75, 3.05) is 7.11 Å². The first kappa shape index (κ1) is 18.2. The fourth-order valence-corrected chi connectivity index (χ4v) is 2.74. The molecule has 1 heterocycles. The molecule has 0 aliphatic carbocycles. The van der Waals surface area contributed by atoms with Crippen molar-refractivity contribution in [3.8, 4) is 5.75 Å². The maximum absolute atomic E-state index is 13.1. The van der Waals surface area contributed by atoms with E-state index in [0.29, 0.717) is 12.3 Å². The van der Waals surface area contributed by atoms with Crippen molar-refractivity contribution < 1.29 is 18.9 Å². The highest BCUT2D eigenvalue weighted by atomic mass is 16.6. The summed E-state index contributed by atoms with van der Waals surface area (Å²) >= 11 is 0. The van der Waals surface area contributed by atoms with Crippen molar-refractivity contribution in [1.82, 2.24) is 4.90 Å². The van der Waals surface area contributed by atoms with Gasteiger partial charge in [-0.05, 0) is 29.8 Å². The van der Waals surface area contributed by atoms with E-state index in [1.54, 1.807) is 23.3 Å². The van der Waals surface area contributed by atoms with Gasteiger partial charge in [-0.25, -0.2) is 0 Å². The molecule has 0 aliphatic heterocycles. The van der Waals surface area contributed by atoms with Crippen LogP contribution in [-0.4, -0.2) is 22.8 Å².